The summed E-state index contributed by atoms with van der Waals surface area (Å²) in [6, 6.07) is 16.2. The van der Waals surface area contributed by atoms with Gasteiger partial charge in [-0.2, -0.15) is 13.7 Å². The summed E-state index contributed by atoms with van der Waals surface area (Å²) in [7, 11) is -4.38. The highest BCUT2D eigenvalue weighted by molar-refractivity contribution is 7.87. The highest BCUT2D eigenvalue weighted by Crippen LogP contribution is 2.27. The molecule has 1 N–H and O–H groups in total. The molecular weight excluding hydrogens is 505 g/mol. The van der Waals surface area contributed by atoms with Crippen LogP contribution in [-0.2, 0) is 14.9 Å². The van der Waals surface area contributed by atoms with Gasteiger partial charge in [0.15, 0.2) is 0 Å². The molecule has 0 atom stereocenters. The largest absolute Gasteiger partial charge is 0.379 e. The average Bonchev–Trinajstić information content (AvgIpc) is 2.80. The first kappa shape index (κ1) is 24.7. The summed E-state index contributed by atoms with van der Waals surface area (Å²) in [5.41, 5.74) is -0.211. The Morgan fingerprint density at radius 2 is 1.82 bits per heavy atom. The fourth-order valence-electron chi connectivity index (χ4n) is 2.68. The second-order valence-corrected chi connectivity index (χ2v) is 9.00. The molecule has 172 valence electrons. The fourth-order valence-corrected chi connectivity index (χ4v) is 3.98. The van der Waals surface area contributed by atoms with Gasteiger partial charge in [0.25, 0.3) is 11.6 Å². The molecule has 0 spiro atoms. The van der Waals surface area contributed by atoms with Crippen molar-refractivity contribution in [3.05, 3.63) is 98.0 Å². The van der Waals surface area contributed by atoms with E-state index >= 15 is 0 Å². The number of halogens is 2. The van der Waals surface area contributed by atoms with Crippen molar-refractivity contribution in [2.75, 3.05) is 5.32 Å². The lowest BCUT2D eigenvalue weighted by Gasteiger charge is -2.08. The van der Waals surface area contributed by atoms with Crippen molar-refractivity contribution in [3.63, 3.8) is 0 Å². The number of nitro benzene ring substituents is 1. The molecule has 9 nitrogen and oxygen atoms in total. The summed E-state index contributed by atoms with van der Waals surface area (Å²) in [6.07, 6.45) is 1.22. The molecule has 34 heavy (non-hydrogen) atoms. The van der Waals surface area contributed by atoms with Gasteiger partial charge < -0.3 is 9.50 Å². The summed E-state index contributed by atoms with van der Waals surface area (Å²) in [6.45, 7) is 0. The predicted octanol–water partition coefficient (Wildman–Crippen LogP) is 5.21. The maximum atomic E-state index is 12.5. The summed E-state index contributed by atoms with van der Waals surface area (Å²) < 4.78 is 30.1. The molecule has 0 saturated carbocycles. The van der Waals surface area contributed by atoms with Crippen LogP contribution in [0, 0.1) is 21.4 Å². The number of carbonyl (C=O) groups is 1. The van der Waals surface area contributed by atoms with Gasteiger partial charge in [-0.1, -0.05) is 41.4 Å². The molecule has 0 aliphatic heterocycles. The molecule has 0 unspecified atom stereocenters. The Morgan fingerprint density at radius 3 is 2.53 bits per heavy atom. The van der Waals surface area contributed by atoms with Gasteiger partial charge in [0, 0.05) is 17.2 Å². The second kappa shape index (κ2) is 10.4. The maximum Gasteiger partial charge on any atom is 0.339 e. The molecule has 0 heterocycles. The number of hydrogen-bond acceptors (Lipinski definition) is 7. The minimum Gasteiger partial charge on any atom is -0.379 e. The van der Waals surface area contributed by atoms with E-state index in [1.807, 2.05) is 0 Å². The number of benzene rings is 3. The molecule has 3 rings (SSSR count). The number of anilines is 1. The van der Waals surface area contributed by atoms with Gasteiger partial charge in [-0.25, -0.2) is 0 Å². The van der Waals surface area contributed by atoms with Gasteiger partial charge in [0.2, 0.25) is 0 Å². The van der Waals surface area contributed by atoms with E-state index < -0.39 is 31.5 Å². The van der Waals surface area contributed by atoms with Crippen molar-refractivity contribution in [1.82, 2.24) is 0 Å². The third-order valence-electron chi connectivity index (χ3n) is 4.23. The minimum absolute atomic E-state index is 0.129. The Labute approximate surface area is 204 Å². The number of nitrogens with zero attached hydrogens (tertiary/aromatic N) is 2. The van der Waals surface area contributed by atoms with Crippen LogP contribution < -0.4 is 9.50 Å². The van der Waals surface area contributed by atoms with E-state index in [2.05, 4.69) is 5.32 Å². The lowest BCUT2D eigenvalue weighted by atomic mass is 10.1. The standard InChI is InChI=1S/C22H13Cl2N3O6S/c23-16-7-8-20(24)21(11-16)26-22(28)15(13-25)9-14-3-1-5-18(10-14)33-34(31,32)19-6-2-4-17(12-19)27(29)30/h1-12H,(H,26,28)/b15-9-. The van der Waals surface area contributed by atoms with E-state index in [0.717, 1.165) is 18.2 Å². The van der Waals surface area contributed by atoms with Gasteiger partial charge in [-0.3, -0.25) is 14.9 Å². The van der Waals surface area contributed by atoms with Crippen LogP contribution in [0.25, 0.3) is 6.08 Å². The van der Waals surface area contributed by atoms with Crippen molar-refractivity contribution >= 4 is 56.7 Å². The van der Waals surface area contributed by atoms with Crippen molar-refractivity contribution < 1.29 is 22.3 Å². The predicted molar refractivity (Wildman–Crippen MR) is 126 cm³/mol. The number of nitrogens with one attached hydrogen (secondary N) is 1. The quantitative estimate of drug-likeness (QED) is 0.149. The lowest BCUT2D eigenvalue weighted by Crippen LogP contribution is -2.13. The second-order valence-electron chi connectivity index (χ2n) is 6.61. The first-order chi connectivity index (χ1) is 16.1. The van der Waals surface area contributed by atoms with Crippen LogP contribution in [-0.4, -0.2) is 19.2 Å². The Morgan fingerprint density at radius 1 is 1.09 bits per heavy atom. The first-order valence-electron chi connectivity index (χ1n) is 9.26. The SMILES string of the molecule is N#C/C(=C/c1cccc(OS(=O)(=O)c2cccc([N+](=O)[O-])c2)c1)C(=O)Nc1cc(Cl)ccc1Cl. The Kier molecular flexibility index (Phi) is 7.53. The number of nitriles is 1. The topological polar surface area (TPSA) is 139 Å². The highest BCUT2D eigenvalue weighted by Gasteiger charge is 2.20. The molecule has 0 fully saturated rings. The number of rotatable bonds is 7. The van der Waals surface area contributed by atoms with Crippen LogP contribution in [0.3, 0.4) is 0 Å². The zero-order valence-corrected chi connectivity index (χ0v) is 19.3. The summed E-state index contributed by atoms with van der Waals surface area (Å²) in [5, 5.41) is 23.4. The van der Waals surface area contributed by atoms with Crippen LogP contribution in [0.4, 0.5) is 11.4 Å². The Hall–Kier alpha value is -3.91. The summed E-state index contributed by atoms with van der Waals surface area (Å²) in [5.74, 6) is -0.891. The zero-order valence-electron chi connectivity index (χ0n) is 16.9. The molecule has 1 amide bonds. The smallest absolute Gasteiger partial charge is 0.339 e. The van der Waals surface area contributed by atoms with Crippen molar-refractivity contribution in [2.24, 2.45) is 0 Å². The fraction of sp³-hybridized carbons (Fsp3) is 0. The molecule has 0 bridgehead atoms. The number of carbonyl (C=O) groups excluding carboxylic acids is 1. The van der Waals surface area contributed by atoms with E-state index in [4.69, 9.17) is 27.4 Å². The number of hydrogen-bond donors (Lipinski definition) is 1. The van der Waals surface area contributed by atoms with E-state index in [-0.39, 0.29) is 27.6 Å². The zero-order chi connectivity index (χ0) is 24.9. The van der Waals surface area contributed by atoms with Gasteiger partial charge in [0.1, 0.15) is 22.3 Å². The number of non-ortho nitro benzene ring substituents is 1. The minimum atomic E-state index is -4.38. The molecule has 0 aromatic heterocycles. The van der Waals surface area contributed by atoms with Gasteiger partial charge >= 0.3 is 10.1 Å². The molecule has 0 aliphatic carbocycles. The van der Waals surface area contributed by atoms with Crippen molar-refractivity contribution in [2.45, 2.75) is 4.90 Å². The lowest BCUT2D eigenvalue weighted by molar-refractivity contribution is -0.385. The number of amides is 1. The van der Waals surface area contributed by atoms with Crippen LogP contribution in [0.2, 0.25) is 10.0 Å². The van der Waals surface area contributed by atoms with Gasteiger partial charge in [-0.05, 0) is 48.0 Å². The van der Waals surface area contributed by atoms with Gasteiger partial charge in [-0.15, -0.1) is 0 Å². The van der Waals surface area contributed by atoms with Crippen molar-refractivity contribution in [1.29, 1.82) is 5.26 Å². The van der Waals surface area contributed by atoms with E-state index in [0.29, 0.717) is 5.02 Å². The van der Waals surface area contributed by atoms with Gasteiger partial charge in [0.05, 0.1) is 15.6 Å². The molecule has 0 saturated heterocycles. The molecule has 3 aromatic carbocycles. The molecule has 3 aromatic rings. The normalized spacial score (nSPS) is 11.4. The molecule has 0 radical (unpaired) electrons. The molecular formula is C22H13Cl2N3O6S. The van der Waals surface area contributed by atoms with Crippen molar-refractivity contribution in [3.8, 4) is 11.8 Å². The Bertz CT molecular complexity index is 1470. The van der Waals surface area contributed by atoms with Crippen LogP contribution in [0.15, 0.2) is 77.2 Å². The van der Waals surface area contributed by atoms with Crippen LogP contribution in [0.5, 0.6) is 5.75 Å². The number of nitro groups is 1. The van der Waals surface area contributed by atoms with Crippen LogP contribution >= 0.6 is 23.2 Å². The third-order valence-corrected chi connectivity index (χ3v) is 6.04. The summed E-state index contributed by atoms with van der Waals surface area (Å²) in [4.78, 5) is 22.3. The highest BCUT2D eigenvalue weighted by atomic mass is 35.5. The monoisotopic (exact) mass is 517 g/mol. The Balaban J connectivity index is 1.84. The average molecular weight is 518 g/mol. The van der Waals surface area contributed by atoms with E-state index in [1.165, 1.54) is 54.6 Å². The van der Waals surface area contributed by atoms with Crippen LogP contribution in [0.1, 0.15) is 5.56 Å². The maximum absolute atomic E-state index is 12.5. The summed E-state index contributed by atoms with van der Waals surface area (Å²) >= 11 is 11.9. The van der Waals surface area contributed by atoms with E-state index in [1.54, 1.807) is 6.07 Å². The van der Waals surface area contributed by atoms with E-state index in [9.17, 15) is 28.6 Å². The molecule has 12 heteroatoms. The first-order valence-corrected chi connectivity index (χ1v) is 11.4. The third kappa shape index (κ3) is 6.11. The molecule has 0 aliphatic rings.